The molecule has 0 bridgehead atoms. The Kier molecular flexibility index (Phi) is 9.84. The number of fused-ring (bicyclic) bond motifs is 1. The van der Waals surface area contributed by atoms with E-state index in [1.54, 1.807) is 0 Å². The lowest BCUT2D eigenvalue weighted by atomic mass is 9.60. The molecular formula is C30H50O5. The van der Waals surface area contributed by atoms with Crippen LogP contribution >= 0.6 is 0 Å². The summed E-state index contributed by atoms with van der Waals surface area (Å²) in [5.74, 6) is 1.98. The smallest absolute Gasteiger partial charge is 0.114 e. The van der Waals surface area contributed by atoms with E-state index in [0.717, 1.165) is 30.8 Å². The van der Waals surface area contributed by atoms with Gasteiger partial charge in [-0.1, -0.05) is 51.0 Å². The van der Waals surface area contributed by atoms with Gasteiger partial charge in [-0.2, -0.15) is 0 Å². The monoisotopic (exact) mass is 490 g/mol. The van der Waals surface area contributed by atoms with E-state index >= 15 is 0 Å². The van der Waals surface area contributed by atoms with Crippen molar-refractivity contribution in [3.63, 3.8) is 0 Å². The van der Waals surface area contributed by atoms with Crippen molar-refractivity contribution in [2.24, 2.45) is 23.2 Å². The Morgan fingerprint density at radius 3 is 2.63 bits per heavy atom. The number of hydrogen-bond acceptors (Lipinski definition) is 5. The Hall–Kier alpha value is -0.980. The molecule has 0 aromatic carbocycles. The molecule has 200 valence electrons. The molecule has 5 nitrogen and oxygen atoms in total. The molecule has 0 spiro atoms. The Labute approximate surface area is 213 Å². The van der Waals surface area contributed by atoms with Crippen LogP contribution in [0.3, 0.4) is 0 Å². The van der Waals surface area contributed by atoms with Crippen LogP contribution in [-0.4, -0.2) is 57.6 Å². The Bertz CT molecular complexity index is 778. The topological polar surface area (TPSA) is 90.2 Å². The van der Waals surface area contributed by atoms with E-state index in [0.29, 0.717) is 42.3 Å². The van der Waals surface area contributed by atoms with Crippen molar-refractivity contribution in [3.05, 3.63) is 35.5 Å². The predicted molar refractivity (Wildman–Crippen MR) is 141 cm³/mol. The summed E-state index contributed by atoms with van der Waals surface area (Å²) < 4.78 is 5.63. The van der Waals surface area contributed by atoms with Gasteiger partial charge in [-0.15, -0.1) is 0 Å². The second-order valence-corrected chi connectivity index (χ2v) is 12.4. The molecule has 0 radical (unpaired) electrons. The van der Waals surface area contributed by atoms with Crippen molar-refractivity contribution in [1.82, 2.24) is 0 Å². The van der Waals surface area contributed by atoms with Gasteiger partial charge in [-0.05, 0) is 93.1 Å². The fourth-order valence-corrected chi connectivity index (χ4v) is 7.21. The highest BCUT2D eigenvalue weighted by Crippen LogP contribution is 2.60. The van der Waals surface area contributed by atoms with Crippen LogP contribution < -0.4 is 0 Å². The summed E-state index contributed by atoms with van der Waals surface area (Å²) in [6.45, 7) is 13.2. The molecule has 0 heterocycles. The standard InChI is InChI=1S/C30H50O5/c1-20(9-6-15-29(3,4)34)24-13-14-25-22(10-7-16-30(24,25)5)11-12-23-19-26(32)28(27(33)21(23)2)35-18-8-17-31/h11-12,20,24-28,31-34H,2,6-10,13-19H2,1,3-5H3/b22-11+,23-12-/t20?,24?,25-,26+,27+,28?,30+/m0/s1. The van der Waals surface area contributed by atoms with Gasteiger partial charge >= 0.3 is 0 Å². The van der Waals surface area contributed by atoms with Crippen LogP contribution in [0.5, 0.6) is 0 Å². The molecule has 3 aliphatic rings. The SMILES string of the molecule is C=C1/C(=C\C=C2/CCC[C@]3(C)C(C(C)CCCC(C)(C)O)CC[C@@H]23)C[C@@H](O)C(OCCCO)[C@@H]1O. The van der Waals surface area contributed by atoms with Gasteiger partial charge in [0, 0.05) is 19.6 Å². The largest absolute Gasteiger partial charge is 0.396 e. The molecule has 3 aliphatic carbocycles. The van der Waals surface area contributed by atoms with Gasteiger partial charge in [0.1, 0.15) is 12.2 Å². The summed E-state index contributed by atoms with van der Waals surface area (Å²) in [6, 6.07) is 0. The molecule has 0 aromatic rings. The van der Waals surface area contributed by atoms with Crippen LogP contribution in [0, 0.1) is 23.2 Å². The quantitative estimate of drug-likeness (QED) is 0.321. The van der Waals surface area contributed by atoms with Gasteiger partial charge in [0.15, 0.2) is 0 Å². The molecule has 0 saturated heterocycles. The Morgan fingerprint density at radius 1 is 1.20 bits per heavy atom. The van der Waals surface area contributed by atoms with Crippen molar-refractivity contribution < 1.29 is 25.2 Å². The summed E-state index contributed by atoms with van der Waals surface area (Å²) in [4.78, 5) is 0. The molecule has 0 amide bonds. The van der Waals surface area contributed by atoms with Gasteiger partial charge in [-0.25, -0.2) is 0 Å². The zero-order valence-electron chi connectivity index (χ0n) is 22.5. The van der Waals surface area contributed by atoms with Crippen molar-refractivity contribution in [3.8, 4) is 0 Å². The highest BCUT2D eigenvalue weighted by atomic mass is 16.5. The molecule has 35 heavy (non-hydrogen) atoms. The summed E-state index contributed by atoms with van der Waals surface area (Å²) >= 11 is 0. The molecule has 4 N–H and O–H groups in total. The Morgan fingerprint density at radius 2 is 1.94 bits per heavy atom. The first-order valence-corrected chi connectivity index (χ1v) is 13.9. The molecule has 5 heteroatoms. The average molecular weight is 491 g/mol. The summed E-state index contributed by atoms with van der Waals surface area (Å²) in [5, 5.41) is 40.4. The minimum atomic E-state index is -0.931. The number of rotatable bonds is 10. The molecule has 3 unspecified atom stereocenters. The van der Waals surface area contributed by atoms with Gasteiger partial charge < -0.3 is 25.2 Å². The molecule has 0 aliphatic heterocycles. The predicted octanol–water partition coefficient (Wildman–Crippen LogP) is 5.08. The average Bonchev–Trinajstić information content (AvgIpc) is 3.14. The zero-order valence-corrected chi connectivity index (χ0v) is 22.5. The zero-order chi connectivity index (χ0) is 25.8. The van der Waals surface area contributed by atoms with E-state index < -0.39 is 23.9 Å². The van der Waals surface area contributed by atoms with E-state index in [1.807, 2.05) is 13.8 Å². The van der Waals surface area contributed by atoms with E-state index in [2.05, 4.69) is 32.6 Å². The van der Waals surface area contributed by atoms with E-state index in [-0.39, 0.29) is 6.61 Å². The van der Waals surface area contributed by atoms with Crippen LogP contribution in [0.4, 0.5) is 0 Å². The molecule has 7 atom stereocenters. The lowest BCUT2D eigenvalue weighted by Gasteiger charge is -2.44. The van der Waals surface area contributed by atoms with Gasteiger partial charge in [0.25, 0.3) is 0 Å². The third-order valence-electron chi connectivity index (χ3n) is 9.17. The first kappa shape index (κ1) is 28.6. The molecule has 3 fully saturated rings. The first-order chi connectivity index (χ1) is 16.5. The second-order valence-electron chi connectivity index (χ2n) is 12.4. The van der Waals surface area contributed by atoms with Gasteiger partial charge in [-0.3, -0.25) is 0 Å². The first-order valence-electron chi connectivity index (χ1n) is 13.9. The fraction of sp³-hybridized carbons (Fsp3) is 0.800. The lowest BCUT2D eigenvalue weighted by molar-refractivity contribution is -0.0968. The van der Waals surface area contributed by atoms with Gasteiger partial charge in [0.2, 0.25) is 0 Å². The molecule has 0 aromatic heterocycles. The van der Waals surface area contributed by atoms with E-state index in [1.165, 1.54) is 37.7 Å². The number of ether oxygens (including phenoxy) is 1. The van der Waals surface area contributed by atoms with E-state index in [4.69, 9.17) is 9.84 Å². The highest BCUT2D eigenvalue weighted by molar-refractivity contribution is 5.40. The second kappa shape index (κ2) is 12.0. The minimum Gasteiger partial charge on any atom is -0.396 e. The number of hydrogen-bond donors (Lipinski definition) is 4. The normalized spacial score (nSPS) is 37.1. The summed E-state index contributed by atoms with van der Waals surface area (Å²) in [5.41, 5.74) is 2.79. The van der Waals surface area contributed by atoms with Crippen molar-refractivity contribution in [2.75, 3.05) is 13.2 Å². The number of allylic oxidation sites excluding steroid dienone is 3. The molecule has 3 rings (SSSR count). The van der Waals surface area contributed by atoms with Crippen molar-refractivity contribution in [1.29, 1.82) is 0 Å². The number of aliphatic hydroxyl groups is 4. The maximum absolute atomic E-state index is 10.7. The number of aliphatic hydroxyl groups excluding tert-OH is 3. The van der Waals surface area contributed by atoms with Crippen LogP contribution in [0.15, 0.2) is 35.5 Å². The Balaban J connectivity index is 1.67. The summed E-state index contributed by atoms with van der Waals surface area (Å²) in [7, 11) is 0. The van der Waals surface area contributed by atoms with Crippen molar-refractivity contribution >= 4 is 0 Å². The van der Waals surface area contributed by atoms with E-state index in [9.17, 15) is 15.3 Å². The van der Waals surface area contributed by atoms with Gasteiger partial charge in [0.05, 0.1) is 11.7 Å². The maximum Gasteiger partial charge on any atom is 0.114 e. The lowest BCUT2D eigenvalue weighted by Crippen LogP contribution is -2.45. The minimum absolute atomic E-state index is 0.0269. The fourth-order valence-electron chi connectivity index (χ4n) is 7.21. The molecular weight excluding hydrogens is 440 g/mol. The van der Waals surface area contributed by atoms with Crippen LogP contribution in [-0.2, 0) is 4.74 Å². The van der Waals surface area contributed by atoms with Crippen molar-refractivity contribution in [2.45, 2.75) is 116 Å². The summed E-state index contributed by atoms with van der Waals surface area (Å²) in [6.07, 6.45) is 12.1. The third-order valence-corrected chi connectivity index (χ3v) is 9.17. The van der Waals surface area contributed by atoms with Crippen LogP contribution in [0.2, 0.25) is 0 Å². The maximum atomic E-state index is 10.7. The third kappa shape index (κ3) is 6.87. The van der Waals surface area contributed by atoms with Crippen LogP contribution in [0.1, 0.15) is 91.9 Å². The highest BCUT2D eigenvalue weighted by Gasteiger charge is 2.50. The molecule has 3 saturated carbocycles. The van der Waals surface area contributed by atoms with Crippen LogP contribution in [0.25, 0.3) is 0 Å².